The van der Waals surface area contributed by atoms with Gasteiger partial charge in [0.15, 0.2) is 0 Å². The van der Waals surface area contributed by atoms with Gasteiger partial charge in [0.25, 0.3) is 5.91 Å². The number of thiazole rings is 1. The minimum absolute atomic E-state index is 0.0757. The van der Waals surface area contributed by atoms with Gasteiger partial charge in [-0.1, -0.05) is 12.1 Å². The Morgan fingerprint density at radius 2 is 1.86 bits per heavy atom. The van der Waals surface area contributed by atoms with Crippen molar-refractivity contribution in [3.63, 3.8) is 0 Å². The average molecular weight is 424 g/mol. The fourth-order valence-corrected chi connectivity index (χ4v) is 5.17. The summed E-state index contributed by atoms with van der Waals surface area (Å²) in [7, 11) is 0. The highest BCUT2D eigenvalue weighted by Crippen LogP contribution is 2.28. The van der Waals surface area contributed by atoms with Crippen LogP contribution in [0.2, 0.25) is 0 Å². The predicted molar refractivity (Wildman–Crippen MR) is 123 cm³/mol. The molecule has 1 saturated heterocycles. The average Bonchev–Trinajstić information content (AvgIpc) is 3.19. The predicted octanol–water partition coefficient (Wildman–Crippen LogP) is 5.99. The first-order chi connectivity index (χ1) is 14.2. The lowest BCUT2D eigenvalue weighted by Crippen LogP contribution is -2.29. The molecule has 3 aromatic rings. The molecular formula is C23H25N3OS2. The fraction of sp³-hybridized carbons (Fsp3) is 0.304. The number of anilines is 2. The van der Waals surface area contributed by atoms with Crippen molar-refractivity contribution in [2.24, 2.45) is 0 Å². The van der Waals surface area contributed by atoms with Crippen LogP contribution in [0.3, 0.4) is 0 Å². The lowest BCUT2D eigenvalue weighted by Gasteiger charge is -2.28. The van der Waals surface area contributed by atoms with Crippen molar-refractivity contribution in [3.8, 4) is 0 Å². The SMILES string of the molecule is Cc1nc(CSc2ccccc2C(=O)Nc2ccc(N3CCCCC3)cc2)cs1. The number of amides is 1. The zero-order valence-corrected chi connectivity index (χ0v) is 18.2. The number of hydrogen-bond donors (Lipinski definition) is 1. The third-order valence-corrected chi connectivity index (χ3v) is 6.95. The molecule has 4 nitrogen and oxygen atoms in total. The van der Waals surface area contributed by atoms with Crippen LogP contribution in [0.5, 0.6) is 0 Å². The quantitative estimate of drug-likeness (QED) is 0.495. The standard InChI is InChI=1S/C23H25N3OS2/c1-17-24-19(15-28-17)16-29-22-8-4-3-7-21(22)23(27)25-18-9-11-20(12-10-18)26-13-5-2-6-14-26/h3-4,7-12,15H,2,5-6,13-14,16H2,1H3,(H,25,27). The summed E-state index contributed by atoms with van der Waals surface area (Å²) in [6.07, 6.45) is 3.84. The Bertz CT molecular complexity index is 962. The van der Waals surface area contributed by atoms with Gasteiger partial charge < -0.3 is 10.2 Å². The molecule has 0 aliphatic carbocycles. The summed E-state index contributed by atoms with van der Waals surface area (Å²) in [4.78, 5) is 20.8. The van der Waals surface area contributed by atoms with Crippen LogP contribution in [0, 0.1) is 6.92 Å². The molecule has 29 heavy (non-hydrogen) atoms. The van der Waals surface area contributed by atoms with Crippen molar-refractivity contribution >= 4 is 40.4 Å². The van der Waals surface area contributed by atoms with Crippen LogP contribution in [-0.4, -0.2) is 24.0 Å². The monoisotopic (exact) mass is 423 g/mol. The summed E-state index contributed by atoms with van der Waals surface area (Å²) in [6.45, 7) is 4.25. The van der Waals surface area contributed by atoms with Gasteiger partial charge in [0.1, 0.15) is 0 Å². The van der Waals surface area contributed by atoms with Gasteiger partial charge in [0.2, 0.25) is 0 Å². The molecule has 1 aromatic heterocycles. The molecule has 1 fully saturated rings. The third kappa shape index (κ3) is 5.19. The van der Waals surface area contributed by atoms with Crippen LogP contribution >= 0.6 is 23.1 Å². The first kappa shape index (κ1) is 20.0. The van der Waals surface area contributed by atoms with Gasteiger partial charge in [-0.05, 0) is 62.6 Å². The molecule has 0 bridgehead atoms. The number of carbonyl (C=O) groups is 1. The minimum atomic E-state index is -0.0757. The van der Waals surface area contributed by atoms with E-state index in [0.29, 0.717) is 5.56 Å². The molecule has 0 spiro atoms. The Balaban J connectivity index is 1.41. The van der Waals surface area contributed by atoms with Gasteiger partial charge in [-0.2, -0.15) is 0 Å². The Morgan fingerprint density at radius 1 is 1.10 bits per heavy atom. The number of nitrogens with zero attached hydrogens (tertiary/aromatic N) is 2. The van der Waals surface area contributed by atoms with E-state index in [1.807, 2.05) is 43.3 Å². The fourth-order valence-electron chi connectivity index (χ4n) is 3.51. The first-order valence-electron chi connectivity index (χ1n) is 9.98. The van der Waals surface area contributed by atoms with E-state index in [0.717, 1.165) is 40.1 Å². The molecule has 0 atom stereocenters. The van der Waals surface area contributed by atoms with Gasteiger partial charge in [-0.15, -0.1) is 23.1 Å². The number of aromatic nitrogens is 1. The molecule has 1 N–H and O–H groups in total. The molecule has 1 amide bonds. The van der Waals surface area contributed by atoms with Crippen molar-refractivity contribution in [2.45, 2.75) is 36.8 Å². The number of thioether (sulfide) groups is 1. The van der Waals surface area contributed by atoms with E-state index >= 15 is 0 Å². The Morgan fingerprint density at radius 3 is 2.59 bits per heavy atom. The van der Waals surface area contributed by atoms with Gasteiger partial charge in [-0.3, -0.25) is 4.79 Å². The number of aryl methyl sites for hydroxylation is 1. The van der Waals surface area contributed by atoms with Gasteiger partial charge in [0.05, 0.1) is 16.3 Å². The van der Waals surface area contributed by atoms with E-state index in [9.17, 15) is 4.79 Å². The summed E-state index contributed by atoms with van der Waals surface area (Å²) < 4.78 is 0. The number of carbonyl (C=O) groups excluding carboxylic acids is 1. The molecule has 6 heteroatoms. The molecule has 0 radical (unpaired) electrons. The van der Waals surface area contributed by atoms with E-state index in [2.05, 4.69) is 32.7 Å². The molecule has 2 heterocycles. The van der Waals surface area contributed by atoms with Crippen LogP contribution < -0.4 is 10.2 Å². The molecule has 0 unspecified atom stereocenters. The molecule has 4 rings (SSSR count). The van der Waals surface area contributed by atoms with E-state index in [4.69, 9.17) is 0 Å². The van der Waals surface area contributed by atoms with Gasteiger partial charge >= 0.3 is 0 Å². The van der Waals surface area contributed by atoms with Crippen LogP contribution in [0.4, 0.5) is 11.4 Å². The van der Waals surface area contributed by atoms with Gasteiger partial charge in [0, 0.05) is 40.5 Å². The number of hydrogen-bond acceptors (Lipinski definition) is 5. The highest BCUT2D eigenvalue weighted by Gasteiger charge is 2.14. The van der Waals surface area contributed by atoms with E-state index in [1.54, 1.807) is 23.1 Å². The van der Waals surface area contributed by atoms with Crippen LogP contribution in [0.15, 0.2) is 58.8 Å². The number of benzene rings is 2. The Hall–Kier alpha value is -2.31. The molecular weight excluding hydrogens is 398 g/mol. The normalized spacial score (nSPS) is 14.0. The molecule has 150 valence electrons. The molecule has 0 saturated carbocycles. The van der Waals surface area contributed by atoms with Crippen molar-refractivity contribution in [2.75, 3.05) is 23.3 Å². The largest absolute Gasteiger partial charge is 0.372 e. The Labute approximate surface area is 180 Å². The van der Waals surface area contributed by atoms with E-state index < -0.39 is 0 Å². The lowest BCUT2D eigenvalue weighted by molar-refractivity contribution is 0.102. The van der Waals surface area contributed by atoms with Gasteiger partial charge in [-0.25, -0.2) is 4.98 Å². The topological polar surface area (TPSA) is 45.2 Å². The third-order valence-electron chi connectivity index (χ3n) is 5.02. The lowest BCUT2D eigenvalue weighted by atomic mass is 10.1. The van der Waals surface area contributed by atoms with Crippen LogP contribution in [0.25, 0.3) is 0 Å². The second kappa shape index (κ2) is 9.46. The number of rotatable bonds is 6. The maximum absolute atomic E-state index is 12.9. The highest BCUT2D eigenvalue weighted by molar-refractivity contribution is 7.98. The van der Waals surface area contributed by atoms with Crippen LogP contribution in [-0.2, 0) is 5.75 Å². The Kier molecular flexibility index (Phi) is 6.52. The summed E-state index contributed by atoms with van der Waals surface area (Å²) in [6, 6.07) is 16.0. The molecule has 1 aliphatic rings. The zero-order chi connectivity index (χ0) is 20.1. The van der Waals surface area contributed by atoms with Crippen molar-refractivity contribution in [1.29, 1.82) is 0 Å². The number of nitrogens with one attached hydrogen (secondary N) is 1. The smallest absolute Gasteiger partial charge is 0.256 e. The van der Waals surface area contributed by atoms with Crippen molar-refractivity contribution in [3.05, 3.63) is 70.2 Å². The molecule has 2 aromatic carbocycles. The van der Waals surface area contributed by atoms with Crippen LogP contribution in [0.1, 0.15) is 40.3 Å². The maximum atomic E-state index is 12.9. The number of piperidine rings is 1. The summed E-state index contributed by atoms with van der Waals surface area (Å²) >= 11 is 3.31. The molecule has 1 aliphatic heterocycles. The van der Waals surface area contributed by atoms with Crippen molar-refractivity contribution in [1.82, 2.24) is 4.98 Å². The summed E-state index contributed by atoms with van der Waals surface area (Å²) in [5, 5.41) is 6.19. The van der Waals surface area contributed by atoms with E-state index in [-0.39, 0.29) is 5.91 Å². The summed E-state index contributed by atoms with van der Waals surface area (Å²) in [5.41, 5.74) is 3.81. The zero-order valence-electron chi connectivity index (χ0n) is 16.6. The second-order valence-corrected chi connectivity index (χ2v) is 9.27. The highest BCUT2D eigenvalue weighted by atomic mass is 32.2. The maximum Gasteiger partial charge on any atom is 0.256 e. The van der Waals surface area contributed by atoms with E-state index in [1.165, 1.54) is 24.9 Å². The van der Waals surface area contributed by atoms with Crippen molar-refractivity contribution < 1.29 is 4.79 Å². The first-order valence-corrected chi connectivity index (χ1v) is 11.8. The second-order valence-electron chi connectivity index (χ2n) is 7.19. The minimum Gasteiger partial charge on any atom is -0.372 e. The summed E-state index contributed by atoms with van der Waals surface area (Å²) in [5.74, 6) is 0.687.